The predicted octanol–water partition coefficient (Wildman–Crippen LogP) is 0.938. The van der Waals surface area contributed by atoms with Crippen molar-refractivity contribution in [3.05, 3.63) is 23.1 Å². The van der Waals surface area contributed by atoms with Crippen LogP contribution in [0.1, 0.15) is 28.8 Å². The highest BCUT2D eigenvalue weighted by atomic mass is 16.1. The van der Waals surface area contributed by atoms with Crippen molar-refractivity contribution in [1.29, 1.82) is 0 Å². The molecule has 0 aliphatic rings. The molecule has 0 saturated heterocycles. The van der Waals surface area contributed by atoms with E-state index in [1.807, 2.05) is 19.9 Å². The van der Waals surface area contributed by atoms with E-state index in [4.69, 9.17) is 5.73 Å². The molecule has 0 aliphatic heterocycles. The number of pyridine rings is 1. The molecule has 2 rings (SSSR count). The highest BCUT2D eigenvalue weighted by Gasteiger charge is 2.16. The van der Waals surface area contributed by atoms with Crippen LogP contribution < -0.4 is 5.73 Å². The fraction of sp³-hybridized carbons (Fsp3) is 0.364. The number of primary amides is 1. The lowest BCUT2D eigenvalue weighted by Crippen LogP contribution is -2.15. The summed E-state index contributed by atoms with van der Waals surface area (Å²) in [6, 6.07) is 1.96. The van der Waals surface area contributed by atoms with Crippen LogP contribution >= 0.6 is 0 Å². The summed E-state index contributed by atoms with van der Waals surface area (Å²) in [6.07, 6.45) is 0.768. The van der Waals surface area contributed by atoms with E-state index in [1.165, 1.54) is 0 Å². The van der Waals surface area contributed by atoms with Gasteiger partial charge in [-0.3, -0.25) is 9.48 Å². The van der Waals surface area contributed by atoms with Gasteiger partial charge in [-0.15, -0.1) is 0 Å². The van der Waals surface area contributed by atoms with Gasteiger partial charge in [-0.2, -0.15) is 5.10 Å². The molecule has 16 heavy (non-hydrogen) atoms. The minimum atomic E-state index is -0.511. The average molecular weight is 218 g/mol. The topological polar surface area (TPSA) is 73.8 Å². The molecule has 84 valence electrons. The van der Waals surface area contributed by atoms with E-state index in [0.717, 1.165) is 23.2 Å². The fourth-order valence-electron chi connectivity index (χ4n) is 1.88. The van der Waals surface area contributed by atoms with E-state index in [0.29, 0.717) is 11.2 Å². The van der Waals surface area contributed by atoms with Gasteiger partial charge in [-0.1, -0.05) is 6.92 Å². The summed E-state index contributed by atoms with van der Waals surface area (Å²) >= 11 is 0. The number of carbonyl (C=O) groups is 1. The predicted molar refractivity (Wildman–Crippen MR) is 61.1 cm³/mol. The largest absolute Gasteiger partial charge is 0.364 e. The van der Waals surface area contributed by atoms with E-state index in [1.54, 1.807) is 11.7 Å². The van der Waals surface area contributed by atoms with E-state index in [-0.39, 0.29) is 0 Å². The van der Waals surface area contributed by atoms with E-state index in [9.17, 15) is 4.79 Å². The van der Waals surface area contributed by atoms with Crippen LogP contribution in [0, 0.1) is 6.92 Å². The lowest BCUT2D eigenvalue weighted by Gasteiger charge is -2.03. The Kier molecular flexibility index (Phi) is 2.38. The number of rotatable bonds is 2. The number of aromatic nitrogens is 3. The Hall–Kier alpha value is -1.91. The number of nitrogens with two attached hydrogens (primary N) is 1. The Bertz CT molecular complexity index is 571. The Morgan fingerprint density at radius 1 is 1.56 bits per heavy atom. The summed E-state index contributed by atoms with van der Waals surface area (Å²) in [5, 5.41) is 5.22. The van der Waals surface area contributed by atoms with Crippen molar-refractivity contribution in [1.82, 2.24) is 14.8 Å². The van der Waals surface area contributed by atoms with Crippen LogP contribution in [0.4, 0.5) is 0 Å². The van der Waals surface area contributed by atoms with Crippen LogP contribution in [0.3, 0.4) is 0 Å². The van der Waals surface area contributed by atoms with Crippen molar-refractivity contribution < 1.29 is 4.79 Å². The molecule has 2 heterocycles. The molecule has 0 spiro atoms. The van der Waals surface area contributed by atoms with Crippen LogP contribution in [0.15, 0.2) is 6.07 Å². The minimum Gasteiger partial charge on any atom is -0.364 e. The molecule has 0 aromatic carbocycles. The lowest BCUT2D eigenvalue weighted by molar-refractivity contribution is 0.0996. The van der Waals surface area contributed by atoms with Crippen LogP contribution in [0.25, 0.3) is 10.9 Å². The van der Waals surface area contributed by atoms with Crippen molar-refractivity contribution in [2.45, 2.75) is 20.3 Å². The molecule has 0 aliphatic carbocycles. The Morgan fingerprint density at radius 3 is 2.81 bits per heavy atom. The van der Waals surface area contributed by atoms with Crippen LogP contribution in [-0.2, 0) is 13.5 Å². The van der Waals surface area contributed by atoms with Crippen molar-refractivity contribution in [3.8, 4) is 0 Å². The number of amides is 1. The van der Waals surface area contributed by atoms with Gasteiger partial charge < -0.3 is 5.73 Å². The van der Waals surface area contributed by atoms with Crippen molar-refractivity contribution in [2.75, 3.05) is 0 Å². The first-order valence-electron chi connectivity index (χ1n) is 5.17. The number of nitrogens with zero attached hydrogens (tertiary/aromatic N) is 3. The van der Waals surface area contributed by atoms with E-state index >= 15 is 0 Å². The maximum absolute atomic E-state index is 11.4. The standard InChI is InChI=1S/C11H14N4O/c1-4-7-5-8-6(2)14-15(3)10(8)9(13-7)11(12)16/h5H,4H2,1-3H3,(H2,12,16). The van der Waals surface area contributed by atoms with Gasteiger partial charge in [0, 0.05) is 18.1 Å². The first kappa shape index (κ1) is 10.6. The third kappa shape index (κ3) is 1.44. The zero-order valence-corrected chi connectivity index (χ0v) is 9.61. The summed E-state index contributed by atoms with van der Waals surface area (Å²) in [5.74, 6) is -0.511. The summed E-state index contributed by atoms with van der Waals surface area (Å²) in [7, 11) is 1.79. The monoisotopic (exact) mass is 218 g/mol. The van der Waals surface area contributed by atoms with Gasteiger partial charge in [0.2, 0.25) is 0 Å². The maximum Gasteiger partial charge on any atom is 0.269 e. The summed E-state index contributed by atoms with van der Waals surface area (Å²) in [5.41, 5.74) is 8.10. The van der Waals surface area contributed by atoms with Gasteiger partial charge >= 0.3 is 0 Å². The van der Waals surface area contributed by atoms with Gasteiger partial charge in [0.1, 0.15) is 0 Å². The molecule has 2 N–H and O–H groups in total. The normalized spacial score (nSPS) is 10.9. The number of carbonyl (C=O) groups excluding carboxylic acids is 1. The quantitative estimate of drug-likeness (QED) is 0.815. The molecule has 2 aromatic heterocycles. The molecular weight excluding hydrogens is 204 g/mol. The van der Waals surface area contributed by atoms with Crippen LogP contribution in [0.2, 0.25) is 0 Å². The summed E-state index contributed by atoms with van der Waals surface area (Å²) < 4.78 is 1.65. The first-order chi connectivity index (χ1) is 7.54. The van der Waals surface area contributed by atoms with Gasteiger partial charge in [-0.05, 0) is 19.4 Å². The number of fused-ring (bicyclic) bond motifs is 1. The average Bonchev–Trinajstić information content (AvgIpc) is 2.53. The number of hydrogen-bond acceptors (Lipinski definition) is 3. The Labute approximate surface area is 93.3 Å². The zero-order valence-electron chi connectivity index (χ0n) is 9.61. The molecule has 0 atom stereocenters. The van der Waals surface area contributed by atoms with Crippen molar-refractivity contribution in [2.24, 2.45) is 12.8 Å². The van der Waals surface area contributed by atoms with Crippen LogP contribution in [-0.4, -0.2) is 20.7 Å². The second-order valence-corrected chi connectivity index (χ2v) is 3.79. The fourth-order valence-corrected chi connectivity index (χ4v) is 1.88. The smallest absolute Gasteiger partial charge is 0.269 e. The molecule has 0 unspecified atom stereocenters. The molecule has 2 aromatic rings. The Balaban J connectivity index is 2.90. The zero-order chi connectivity index (χ0) is 11.9. The summed E-state index contributed by atoms with van der Waals surface area (Å²) in [6.45, 7) is 3.90. The number of aryl methyl sites for hydroxylation is 3. The third-order valence-electron chi connectivity index (χ3n) is 2.65. The molecular formula is C11H14N4O. The first-order valence-corrected chi connectivity index (χ1v) is 5.17. The molecule has 5 nitrogen and oxygen atoms in total. The highest BCUT2D eigenvalue weighted by Crippen LogP contribution is 2.21. The molecule has 1 amide bonds. The van der Waals surface area contributed by atoms with Crippen LogP contribution in [0.5, 0.6) is 0 Å². The minimum absolute atomic E-state index is 0.303. The van der Waals surface area contributed by atoms with Crippen molar-refractivity contribution in [3.63, 3.8) is 0 Å². The number of hydrogen-bond donors (Lipinski definition) is 1. The third-order valence-corrected chi connectivity index (χ3v) is 2.65. The second kappa shape index (κ2) is 3.59. The van der Waals surface area contributed by atoms with Gasteiger partial charge in [0.05, 0.1) is 11.2 Å². The van der Waals surface area contributed by atoms with Gasteiger partial charge in [0.25, 0.3) is 5.91 Å². The Morgan fingerprint density at radius 2 is 2.25 bits per heavy atom. The van der Waals surface area contributed by atoms with Crippen molar-refractivity contribution >= 4 is 16.8 Å². The highest BCUT2D eigenvalue weighted by molar-refractivity contribution is 6.03. The summed E-state index contributed by atoms with van der Waals surface area (Å²) in [4.78, 5) is 15.6. The molecule has 0 saturated carbocycles. The molecule has 0 radical (unpaired) electrons. The van der Waals surface area contributed by atoms with Gasteiger partial charge in [-0.25, -0.2) is 4.98 Å². The van der Waals surface area contributed by atoms with Gasteiger partial charge in [0.15, 0.2) is 5.69 Å². The lowest BCUT2D eigenvalue weighted by atomic mass is 10.1. The SMILES string of the molecule is CCc1cc2c(C)nn(C)c2c(C(N)=O)n1. The molecule has 0 fully saturated rings. The maximum atomic E-state index is 11.4. The molecule has 5 heteroatoms. The van der Waals surface area contributed by atoms with E-state index < -0.39 is 5.91 Å². The molecule has 0 bridgehead atoms. The van der Waals surface area contributed by atoms with E-state index in [2.05, 4.69) is 10.1 Å². The second-order valence-electron chi connectivity index (χ2n) is 3.79.